The molecule has 8 nitrogen and oxygen atoms in total. The van der Waals surface area contributed by atoms with E-state index in [0.717, 1.165) is 57.9 Å². The molecule has 33 heavy (non-hydrogen) atoms. The third kappa shape index (κ3) is 3.65. The van der Waals surface area contributed by atoms with E-state index < -0.39 is 0 Å². The highest BCUT2D eigenvalue weighted by Gasteiger charge is 2.32. The number of morpholine rings is 1. The Kier molecular flexibility index (Phi) is 5.22. The maximum Gasteiger partial charge on any atom is 0.226 e. The minimum Gasteiger partial charge on any atom is -0.495 e. The van der Waals surface area contributed by atoms with E-state index in [0.29, 0.717) is 32.8 Å². The van der Waals surface area contributed by atoms with Crippen molar-refractivity contribution in [1.82, 2.24) is 14.9 Å². The molecular weight excluding hydrogens is 438 g/mol. The fraction of sp³-hybridized carbons (Fsp3) is 0.417. The normalized spacial score (nSPS) is 19.4. The zero-order valence-electron chi connectivity index (χ0n) is 18.5. The topological polar surface area (TPSA) is 88.9 Å². The third-order valence-electron chi connectivity index (χ3n) is 6.72. The molecule has 9 heteroatoms. The minimum atomic E-state index is 0.0316. The number of aromatic nitrogens is 2. The Morgan fingerprint density at radius 3 is 3.00 bits per heavy atom. The number of rotatable bonds is 4. The number of nitrogens with one attached hydrogen (secondary N) is 1. The first-order valence-corrected chi connectivity index (χ1v) is 12.1. The van der Waals surface area contributed by atoms with Crippen LogP contribution in [-0.2, 0) is 28.9 Å². The summed E-state index contributed by atoms with van der Waals surface area (Å²) in [5, 5.41) is 4.56. The van der Waals surface area contributed by atoms with Gasteiger partial charge in [-0.15, -0.1) is 11.3 Å². The van der Waals surface area contributed by atoms with Gasteiger partial charge in [0.05, 0.1) is 37.9 Å². The van der Waals surface area contributed by atoms with Gasteiger partial charge in [0, 0.05) is 30.1 Å². The fourth-order valence-corrected chi connectivity index (χ4v) is 6.26. The molecule has 2 aromatic heterocycles. The first-order chi connectivity index (χ1) is 16.2. The van der Waals surface area contributed by atoms with Crippen molar-refractivity contribution in [1.29, 1.82) is 0 Å². The second kappa shape index (κ2) is 8.39. The largest absolute Gasteiger partial charge is 0.495 e. The molecular formula is C24H25N5O3S. The third-order valence-corrected chi connectivity index (χ3v) is 7.89. The highest BCUT2D eigenvalue weighted by Crippen LogP contribution is 2.42. The number of benzene rings is 1. The second-order valence-corrected chi connectivity index (χ2v) is 9.71. The predicted octanol–water partition coefficient (Wildman–Crippen LogP) is 3.34. The number of thiophene rings is 1. The van der Waals surface area contributed by atoms with E-state index in [1.165, 1.54) is 10.4 Å². The lowest BCUT2D eigenvalue weighted by Gasteiger charge is -2.31. The summed E-state index contributed by atoms with van der Waals surface area (Å²) in [5.41, 5.74) is 4.39. The van der Waals surface area contributed by atoms with Crippen LogP contribution in [0.15, 0.2) is 23.5 Å². The lowest BCUT2D eigenvalue weighted by molar-refractivity contribution is -0.140. The van der Waals surface area contributed by atoms with Crippen molar-refractivity contribution >= 4 is 45.2 Å². The summed E-state index contributed by atoms with van der Waals surface area (Å²) in [6, 6.07) is 4.10. The summed E-state index contributed by atoms with van der Waals surface area (Å²) in [5.74, 6) is 1.84. The standard InChI is InChI=1S/C24H25N5O3S/c1-31-19-9-16-12-25-11-15(16)8-18(19)28-22-21-17-3-2-14(24(30)29-4-6-32-7-5-29)10-20(17)33-23(21)27-13-26-22/h8-9,11,13-14H,2-7,10,12H2,1H3,(H,26,27,28). The van der Waals surface area contributed by atoms with Crippen molar-refractivity contribution in [2.24, 2.45) is 10.9 Å². The second-order valence-electron chi connectivity index (χ2n) is 8.63. The summed E-state index contributed by atoms with van der Waals surface area (Å²) in [4.78, 5) is 30.7. The van der Waals surface area contributed by atoms with Crippen LogP contribution >= 0.6 is 11.3 Å². The van der Waals surface area contributed by atoms with Gasteiger partial charge in [-0.25, -0.2) is 9.97 Å². The Morgan fingerprint density at radius 1 is 1.27 bits per heavy atom. The van der Waals surface area contributed by atoms with Gasteiger partial charge in [-0.1, -0.05) is 0 Å². The lowest BCUT2D eigenvalue weighted by atomic mass is 9.86. The van der Waals surface area contributed by atoms with Crippen LogP contribution in [0.2, 0.25) is 0 Å². The highest BCUT2D eigenvalue weighted by atomic mass is 32.1. The van der Waals surface area contributed by atoms with Crippen molar-refractivity contribution < 1.29 is 14.3 Å². The van der Waals surface area contributed by atoms with Gasteiger partial charge in [-0.3, -0.25) is 9.79 Å². The summed E-state index contributed by atoms with van der Waals surface area (Å²) >= 11 is 1.68. The Labute approximate surface area is 195 Å². The number of anilines is 2. The van der Waals surface area contributed by atoms with E-state index in [1.54, 1.807) is 24.8 Å². The molecule has 0 saturated carbocycles. The molecule has 1 aromatic carbocycles. The predicted molar refractivity (Wildman–Crippen MR) is 128 cm³/mol. The van der Waals surface area contributed by atoms with Gasteiger partial charge in [0.2, 0.25) is 5.91 Å². The molecule has 3 aliphatic rings. The maximum absolute atomic E-state index is 13.1. The average Bonchev–Trinajstić information content (AvgIpc) is 3.47. The molecule has 3 aromatic rings. The van der Waals surface area contributed by atoms with E-state index in [2.05, 4.69) is 26.3 Å². The number of hydrogen-bond acceptors (Lipinski definition) is 8. The summed E-state index contributed by atoms with van der Waals surface area (Å²) in [6.45, 7) is 3.35. The molecule has 2 aliphatic heterocycles. The Hall–Kier alpha value is -3.04. The smallest absolute Gasteiger partial charge is 0.226 e. The molecule has 1 unspecified atom stereocenters. The molecule has 1 fully saturated rings. The number of fused-ring (bicyclic) bond motifs is 4. The first-order valence-electron chi connectivity index (χ1n) is 11.3. The quantitative estimate of drug-likeness (QED) is 0.638. The van der Waals surface area contributed by atoms with Crippen molar-refractivity contribution in [3.05, 3.63) is 40.0 Å². The fourth-order valence-electron chi connectivity index (χ4n) is 4.99. The molecule has 6 rings (SSSR count). The van der Waals surface area contributed by atoms with E-state index in [4.69, 9.17) is 9.47 Å². The summed E-state index contributed by atoms with van der Waals surface area (Å²) in [7, 11) is 1.68. The maximum atomic E-state index is 13.1. The summed E-state index contributed by atoms with van der Waals surface area (Å²) < 4.78 is 11.0. The molecule has 1 saturated heterocycles. The van der Waals surface area contributed by atoms with Crippen molar-refractivity contribution in [2.45, 2.75) is 25.8 Å². The molecule has 0 spiro atoms. The molecule has 1 atom stereocenters. The monoisotopic (exact) mass is 463 g/mol. The van der Waals surface area contributed by atoms with Gasteiger partial charge in [0.1, 0.15) is 22.7 Å². The molecule has 4 heterocycles. The van der Waals surface area contributed by atoms with E-state index in [9.17, 15) is 4.79 Å². The minimum absolute atomic E-state index is 0.0316. The zero-order chi connectivity index (χ0) is 22.4. The van der Waals surface area contributed by atoms with E-state index >= 15 is 0 Å². The molecule has 1 aliphatic carbocycles. The molecule has 0 radical (unpaired) electrons. The van der Waals surface area contributed by atoms with Crippen LogP contribution in [0.5, 0.6) is 5.75 Å². The Bertz CT molecular complexity index is 1260. The lowest BCUT2D eigenvalue weighted by Crippen LogP contribution is -2.44. The van der Waals surface area contributed by atoms with Crippen LogP contribution in [0.25, 0.3) is 10.2 Å². The van der Waals surface area contributed by atoms with Crippen LogP contribution in [0, 0.1) is 5.92 Å². The molecule has 170 valence electrons. The number of hydrogen-bond donors (Lipinski definition) is 1. The van der Waals surface area contributed by atoms with Crippen LogP contribution in [0.1, 0.15) is 28.0 Å². The van der Waals surface area contributed by atoms with Gasteiger partial charge in [-0.2, -0.15) is 0 Å². The first kappa shape index (κ1) is 20.6. The molecule has 0 bridgehead atoms. The zero-order valence-corrected chi connectivity index (χ0v) is 19.3. The summed E-state index contributed by atoms with van der Waals surface area (Å²) in [6.07, 6.45) is 5.97. The number of carbonyl (C=O) groups excluding carboxylic acids is 1. The van der Waals surface area contributed by atoms with Crippen molar-refractivity contribution in [3.8, 4) is 5.75 Å². The number of nitrogens with zero attached hydrogens (tertiary/aromatic N) is 4. The van der Waals surface area contributed by atoms with Crippen molar-refractivity contribution in [3.63, 3.8) is 0 Å². The van der Waals surface area contributed by atoms with Crippen molar-refractivity contribution in [2.75, 3.05) is 38.7 Å². The van der Waals surface area contributed by atoms with Gasteiger partial charge in [-0.05, 0) is 48.1 Å². The van der Waals surface area contributed by atoms with E-state index in [-0.39, 0.29) is 11.8 Å². The highest BCUT2D eigenvalue weighted by molar-refractivity contribution is 7.19. The number of aryl methyl sites for hydroxylation is 1. The van der Waals surface area contributed by atoms with Crippen LogP contribution in [0.3, 0.4) is 0 Å². The number of ether oxygens (including phenoxy) is 2. The number of amides is 1. The average molecular weight is 464 g/mol. The Morgan fingerprint density at radius 2 is 2.15 bits per heavy atom. The number of carbonyl (C=O) groups is 1. The van der Waals surface area contributed by atoms with Gasteiger partial charge >= 0.3 is 0 Å². The molecule has 1 N–H and O–H groups in total. The number of aliphatic imine (C=N–C) groups is 1. The van der Waals surface area contributed by atoms with Gasteiger partial charge < -0.3 is 19.7 Å². The van der Waals surface area contributed by atoms with Crippen LogP contribution in [-0.4, -0.2) is 60.4 Å². The number of methoxy groups -OCH3 is 1. The van der Waals surface area contributed by atoms with Crippen LogP contribution in [0.4, 0.5) is 11.5 Å². The Balaban J connectivity index is 1.31. The molecule has 1 amide bonds. The van der Waals surface area contributed by atoms with Gasteiger partial charge in [0.15, 0.2) is 0 Å². The van der Waals surface area contributed by atoms with Crippen LogP contribution < -0.4 is 10.1 Å². The van der Waals surface area contributed by atoms with Gasteiger partial charge in [0.25, 0.3) is 0 Å². The van der Waals surface area contributed by atoms with E-state index in [1.807, 2.05) is 17.2 Å². The SMILES string of the molecule is COc1cc2c(cc1Nc1ncnc3sc4c(c13)CCC(C(=O)N1CCOCC1)C4)C=NC2.